The van der Waals surface area contributed by atoms with Gasteiger partial charge in [-0.3, -0.25) is 4.79 Å². The van der Waals surface area contributed by atoms with Crippen molar-refractivity contribution in [2.75, 3.05) is 18.8 Å². The number of hydrogen-bond donors (Lipinski definition) is 0. The van der Waals surface area contributed by atoms with E-state index in [0.717, 1.165) is 6.26 Å². The summed E-state index contributed by atoms with van der Waals surface area (Å²) in [5, 5.41) is 0. The van der Waals surface area contributed by atoms with Gasteiger partial charge in [0.05, 0.1) is 0 Å². The molecule has 0 amide bonds. The van der Waals surface area contributed by atoms with Gasteiger partial charge in [-0.1, -0.05) is 30.3 Å². The van der Waals surface area contributed by atoms with Crippen molar-refractivity contribution in [3.63, 3.8) is 0 Å². The third-order valence-electron chi connectivity index (χ3n) is 1.93. The van der Waals surface area contributed by atoms with E-state index in [2.05, 4.69) is 0 Å². The number of carbonyl (C=O) groups is 1. The highest BCUT2D eigenvalue weighted by atomic mass is 32.2. The van der Waals surface area contributed by atoms with Gasteiger partial charge in [-0.05, 0) is 12.5 Å². The van der Waals surface area contributed by atoms with Crippen LogP contribution in [0.4, 0.5) is 0 Å². The number of ketones is 1. The maximum Gasteiger partial charge on any atom is 0.210 e. The summed E-state index contributed by atoms with van der Waals surface area (Å²) >= 11 is 0. The predicted octanol–water partition coefficient (Wildman–Crippen LogP) is 1.57. The van der Waals surface area contributed by atoms with Gasteiger partial charge < -0.3 is 0 Å². The second-order valence-corrected chi connectivity index (χ2v) is 7.82. The van der Waals surface area contributed by atoms with Crippen LogP contribution in [0.3, 0.4) is 0 Å². The van der Waals surface area contributed by atoms with Crippen LogP contribution >= 0.6 is 10.5 Å². The third-order valence-corrected chi connectivity index (χ3v) is 5.62. The highest BCUT2D eigenvalue weighted by molar-refractivity contribution is 8.31. The van der Waals surface area contributed by atoms with Crippen molar-refractivity contribution in [3.05, 3.63) is 35.9 Å². The van der Waals surface area contributed by atoms with Crippen LogP contribution in [0.25, 0.3) is 0 Å². The Morgan fingerprint density at radius 3 is 2.00 bits per heavy atom. The normalized spacial score (nSPS) is 11.5. The Labute approximate surface area is 98.3 Å². The van der Waals surface area contributed by atoms with Crippen LogP contribution in [0.1, 0.15) is 10.4 Å². The molecule has 0 bridgehead atoms. The van der Waals surface area contributed by atoms with E-state index in [1.807, 2.05) is 0 Å². The Morgan fingerprint density at radius 2 is 1.62 bits per heavy atom. The molecule has 0 radical (unpaired) electrons. The predicted molar refractivity (Wildman–Crippen MR) is 70.1 cm³/mol. The molecule has 88 valence electrons. The first kappa shape index (κ1) is 13.1. The molecular formula is C11H14O3S2. The van der Waals surface area contributed by atoms with E-state index >= 15 is 0 Å². The molecule has 0 fully saturated rings. The monoisotopic (exact) mass is 258 g/mol. The van der Waals surface area contributed by atoms with E-state index in [0.29, 0.717) is 5.56 Å². The van der Waals surface area contributed by atoms with Crippen LogP contribution in [0.15, 0.2) is 30.3 Å². The first-order valence-electron chi connectivity index (χ1n) is 4.58. The number of carbonyl (C=O) groups excluding carboxylic acids is 1. The lowest BCUT2D eigenvalue weighted by molar-refractivity contribution is 0.107. The minimum absolute atomic E-state index is 0.00120. The molecule has 0 saturated carbocycles. The zero-order valence-corrected chi connectivity index (χ0v) is 11.1. The van der Waals surface area contributed by atoms with Crippen LogP contribution in [-0.2, 0) is 9.84 Å². The number of hydrogen-bond acceptors (Lipinski definition) is 3. The highest BCUT2D eigenvalue weighted by Crippen LogP contribution is 2.13. The zero-order valence-electron chi connectivity index (χ0n) is 9.43. The fraction of sp³-hybridized carbons (Fsp3) is 0.273. The second kappa shape index (κ2) is 4.93. The van der Waals surface area contributed by atoms with Crippen molar-refractivity contribution in [2.45, 2.75) is 0 Å². The SMILES string of the molecule is CS(C)=C(C(=O)c1ccccc1)S(C)(=O)=O. The van der Waals surface area contributed by atoms with Gasteiger partial charge >= 0.3 is 0 Å². The van der Waals surface area contributed by atoms with Crippen molar-refractivity contribution in [2.24, 2.45) is 0 Å². The Morgan fingerprint density at radius 1 is 1.12 bits per heavy atom. The summed E-state index contributed by atoms with van der Waals surface area (Å²) in [4.78, 5) is 12.0. The van der Waals surface area contributed by atoms with Crippen LogP contribution in [-0.4, -0.2) is 37.2 Å². The van der Waals surface area contributed by atoms with E-state index in [-0.39, 0.29) is 4.20 Å². The molecule has 1 rings (SSSR count). The van der Waals surface area contributed by atoms with E-state index in [1.165, 1.54) is 0 Å². The van der Waals surface area contributed by atoms with Crippen molar-refractivity contribution in [3.8, 4) is 0 Å². The van der Waals surface area contributed by atoms with Crippen molar-refractivity contribution in [1.82, 2.24) is 0 Å². The second-order valence-electron chi connectivity index (χ2n) is 3.57. The zero-order chi connectivity index (χ0) is 12.3. The lowest BCUT2D eigenvalue weighted by Gasteiger charge is -2.07. The maximum atomic E-state index is 12.0. The van der Waals surface area contributed by atoms with Gasteiger partial charge in [0.15, 0.2) is 9.84 Å². The minimum atomic E-state index is -3.43. The molecular weight excluding hydrogens is 244 g/mol. The molecule has 0 N–H and O–H groups in total. The van der Waals surface area contributed by atoms with Gasteiger partial charge in [-0.25, -0.2) is 8.42 Å². The fourth-order valence-electron chi connectivity index (χ4n) is 1.36. The van der Waals surface area contributed by atoms with Crippen LogP contribution < -0.4 is 0 Å². The Bertz CT molecular complexity index is 524. The largest absolute Gasteiger partial charge is 0.287 e. The number of rotatable bonds is 2. The first-order valence-corrected chi connectivity index (χ1v) is 8.51. The summed E-state index contributed by atoms with van der Waals surface area (Å²) in [6.07, 6.45) is 4.55. The number of benzene rings is 1. The third kappa shape index (κ3) is 3.02. The molecule has 0 aromatic heterocycles. The first-order chi connectivity index (χ1) is 7.34. The molecule has 0 aliphatic rings. The van der Waals surface area contributed by atoms with Gasteiger partial charge in [0.25, 0.3) is 0 Å². The molecule has 5 heteroatoms. The standard InChI is InChI=1S/C11H14O3S2/c1-15(2)11(16(3,13)14)10(12)9-7-5-4-6-8-9/h4-8H,1-3H3. The molecule has 0 aliphatic carbocycles. The Kier molecular flexibility index (Phi) is 4.04. The smallest absolute Gasteiger partial charge is 0.210 e. The average molecular weight is 258 g/mol. The summed E-state index contributed by atoms with van der Waals surface area (Å²) in [6, 6.07) is 8.47. The highest BCUT2D eigenvalue weighted by Gasteiger charge is 2.22. The molecule has 1 aromatic rings. The lowest BCUT2D eigenvalue weighted by Crippen LogP contribution is -2.23. The van der Waals surface area contributed by atoms with Gasteiger partial charge in [-0.2, -0.15) is 10.5 Å². The molecule has 0 saturated heterocycles. The number of sulfone groups is 1. The molecule has 0 aliphatic heterocycles. The van der Waals surface area contributed by atoms with Crippen LogP contribution in [0, 0.1) is 0 Å². The fourth-order valence-corrected chi connectivity index (χ4v) is 4.73. The molecule has 0 spiro atoms. The van der Waals surface area contributed by atoms with E-state index in [4.69, 9.17) is 0 Å². The molecule has 1 aromatic carbocycles. The molecule has 0 heterocycles. The summed E-state index contributed by atoms with van der Waals surface area (Å²) in [5.41, 5.74) is 0.420. The number of Topliss-reactive ketones (excluding diaryl/α,β-unsaturated/α-hetero) is 1. The Balaban J connectivity index is 3.31. The summed E-state index contributed by atoms with van der Waals surface area (Å²) in [7, 11) is -4.01. The summed E-state index contributed by atoms with van der Waals surface area (Å²) < 4.78 is 23.1. The van der Waals surface area contributed by atoms with Crippen molar-refractivity contribution < 1.29 is 13.2 Å². The topological polar surface area (TPSA) is 51.2 Å². The van der Waals surface area contributed by atoms with Crippen molar-refractivity contribution in [1.29, 1.82) is 0 Å². The van der Waals surface area contributed by atoms with Gasteiger partial charge in [-0.15, -0.1) is 0 Å². The summed E-state index contributed by atoms with van der Waals surface area (Å²) in [5.74, 6) is -0.392. The molecule has 0 unspecified atom stereocenters. The molecule has 0 atom stereocenters. The van der Waals surface area contributed by atoms with E-state index in [1.54, 1.807) is 42.8 Å². The van der Waals surface area contributed by atoms with Gasteiger partial charge in [0.1, 0.15) is 4.20 Å². The quantitative estimate of drug-likeness (QED) is 0.597. The van der Waals surface area contributed by atoms with Gasteiger partial charge in [0.2, 0.25) is 5.78 Å². The maximum absolute atomic E-state index is 12.0. The van der Waals surface area contributed by atoms with Crippen LogP contribution in [0.2, 0.25) is 0 Å². The molecule has 3 nitrogen and oxygen atoms in total. The Hall–Kier alpha value is -0.940. The minimum Gasteiger partial charge on any atom is -0.287 e. The molecule has 16 heavy (non-hydrogen) atoms. The summed E-state index contributed by atoms with van der Waals surface area (Å²) in [6.45, 7) is 0. The van der Waals surface area contributed by atoms with Crippen LogP contribution in [0.5, 0.6) is 0 Å². The van der Waals surface area contributed by atoms with Crippen molar-refractivity contribution >= 4 is 30.3 Å². The van der Waals surface area contributed by atoms with E-state index in [9.17, 15) is 13.2 Å². The average Bonchev–Trinajstić information content (AvgIpc) is 2.16. The lowest BCUT2D eigenvalue weighted by atomic mass is 10.2. The van der Waals surface area contributed by atoms with E-state index < -0.39 is 26.1 Å². The van der Waals surface area contributed by atoms with Gasteiger partial charge in [0, 0.05) is 11.8 Å².